The summed E-state index contributed by atoms with van der Waals surface area (Å²) in [5.41, 5.74) is 3.44. The van der Waals surface area contributed by atoms with Crippen molar-refractivity contribution < 1.29 is 13.9 Å². The van der Waals surface area contributed by atoms with Gasteiger partial charge in [-0.3, -0.25) is 0 Å². The maximum absolute atomic E-state index is 12.7. The fourth-order valence-corrected chi connectivity index (χ4v) is 4.60. The van der Waals surface area contributed by atoms with Crippen LogP contribution in [-0.4, -0.2) is 38.3 Å². The Labute approximate surface area is 183 Å². The zero-order chi connectivity index (χ0) is 21.8. The van der Waals surface area contributed by atoms with Gasteiger partial charge < -0.3 is 18.8 Å². The summed E-state index contributed by atoms with van der Waals surface area (Å²) < 4.78 is 16.8. The number of rotatable bonds is 7. The van der Waals surface area contributed by atoms with Crippen molar-refractivity contribution >= 4 is 11.0 Å². The fraction of sp³-hybridized carbons (Fsp3) is 0.423. The van der Waals surface area contributed by atoms with Gasteiger partial charge in [-0.1, -0.05) is 30.3 Å². The van der Waals surface area contributed by atoms with Crippen molar-refractivity contribution in [3.8, 4) is 11.5 Å². The number of nitrogens with zero attached hydrogens (tertiary/aromatic N) is 1. The fourth-order valence-electron chi connectivity index (χ4n) is 4.60. The molecule has 4 rings (SSSR count). The van der Waals surface area contributed by atoms with Crippen molar-refractivity contribution in [1.82, 2.24) is 4.90 Å². The highest BCUT2D eigenvalue weighted by molar-refractivity contribution is 5.84. The smallest absolute Gasteiger partial charge is 0.339 e. The largest absolute Gasteiger partial charge is 0.493 e. The Morgan fingerprint density at radius 1 is 1.10 bits per heavy atom. The van der Waals surface area contributed by atoms with Gasteiger partial charge in [-0.15, -0.1) is 0 Å². The van der Waals surface area contributed by atoms with E-state index in [2.05, 4.69) is 35.2 Å². The number of benzene rings is 2. The number of aryl methyl sites for hydroxylation is 1. The Bertz CT molecular complexity index is 1080. The molecule has 1 aromatic heterocycles. The third-order valence-electron chi connectivity index (χ3n) is 6.41. The molecule has 1 fully saturated rings. The molecule has 0 aliphatic carbocycles. The summed E-state index contributed by atoms with van der Waals surface area (Å²) in [7, 11) is 1.59. The Hall–Kier alpha value is -2.79. The van der Waals surface area contributed by atoms with Crippen molar-refractivity contribution in [3.63, 3.8) is 0 Å². The van der Waals surface area contributed by atoms with Crippen LogP contribution in [0.1, 0.15) is 42.4 Å². The number of ether oxygens (including phenoxy) is 2. The third-order valence-corrected chi connectivity index (χ3v) is 6.41. The lowest BCUT2D eigenvalue weighted by Crippen LogP contribution is -2.35. The van der Waals surface area contributed by atoms with Crippen LogP contribution in [0.2, 0.25) is 0 Å². The lowest BCUT2D eigenvalue weighted by Gasteiger charge is -2.32. The van der Waals surface area contributed by atoms with Gasteiger partial charge >= 0.3 is 5.63 Å². The summed E-state index contributed by atoms with van der Waals surface area (Å²) >= 11 is 0. The van der Waals surface area contributed by atoms with E-state index < -0.39 is 0 Å². The van der Waals surface area contributed by atoms with Gasteiger partial charge in [0.15, 0.2) is 11.5 Å². The second-order valence-corrected chi connectivity index (χ2v) is 8.20. The summed E-state index contributed by atoms with van der Waals surface area (Å²) in [4.78, 5) is 15.2. The molecule has 0 amide bonds. The zero-order valence-electron chi connectivity index (χ0n) is 18.6. The van der Waals surface area contributed by atoms with E-state index in [-0.39, 0.29) is 5.63 Å². The molecule has 0 unspecified atom stereocenters. The number of hydrogen-bond acceptors (Lipinski definition) is 5. The van der Waals surface area contributed by atoms with E-state index >= 15 is 0 Å². The summed E-state index contributed by atoms with van der Waals surface area (Å²) in [5.74, 6) is 1.88. The van der Waals surface area contributed by atoms with E-state index in [1.807, 2.05) is 19.9 Å². The number of hydrogen-bond donors (Lipinski definition) is 0. The highest BCUT2D eigenvalue weighted by Crippen LogP contribution is 2.34. The normalized spacial score (nSPS) is 15.3. The van der Waals surface area contributed by atoms with E-state index in [1.165, 1.54) is 5.56 Å². The summed E-state index contributed by atoms with van der Waals surface area (Å²) in [6, 6.07) is 14.4. The van der Waals surface area contributed by atoms with E-state index in [9.17, 15) is 4.79 Å². The van der Waals surface area contributed by atoms with E-state index in [0.717, 1.165) is 49.0 Å². The molecule has 1 aliphatic rings. The van der Waals surface area contributed by atoms with Crippen LogP contribution in [0.3, 0.4) is 0 Å². The maximum Gasteiger partial charge on any atom is 0.339 e. The molecule has 5 heteroatoms. The highest BCUT2D eigenvalue weighted by Gasteiger charge is 2.21. The van der Waals surface area contributed by atoms with Gasteiger partial charge in [0.05, 0.1) is 13.7 Å². The van der Waals surface area contributed by atoms with Crippen LogP contribution in [0.25, 0.3) is 11.0 Å². The molecule has 5 nitrogen and oxygen atoms in total. The standard InChI is InChI=1S/C26H31NO4/c1-4-30-25-16-22-18(2)21(26(28)31-23(22)17-24(25)29-3)12-15-27-13-10-20(11-14-27)19-8-6-5-7-9-19/h5-9,16-17,20H,4,10-15H2,1-3H3. The Balaban J connectivity index is 1.48. The van der Waals surface area contributed by atoms with Gasteiger partial charge in [-0.25, -0.2) is 4.79 Å². The van der Waals surface area contributed by atoms with Gasteiger partial charge in [0.2, 0.25) is 0 Å². The second kappa shape index (κ2) is 9.56. The molecule has 0 radical (unpaired) electrons. The van der Waals surface area contributed by atoms with Crippen LogP contribution in [0.4, 0.5) is 0 Å². The topological polar surface area (TPSA) is 51.9 Å². The summed E-state index contributed by atoms with van der Waals surface area (Å²) in [6.07, 6.45) is 3.01. The highest BCUT2D eigenvalue weighted by atomic mass is 16.5. The minimum absolute atomic E-state index is 0.254. The first kappa shape index (κ1) is 21.4. The molecule has 2 aromatic carbocycles. The molecule has 0 saturated carbocycles. The molecule has 0 atom stereocenters. The molecule has 164 valence electrons. The van der Waals surface area contributed by atoms with Crippen LogP contribution in [0, 0.1) is 6.92 Å². The first-order valence-electron chi connectivity index (χ1n) is 11.1. The monoisotopic (exact) mass is 421 g/mol. The maximum atomic E-state index is 12.7. The van der Waals surface area contributed by atoms with Crippen LogP contribution < -0.4 is 15.1 Å². The van der Waals surface area contributed by atoms with Crippen molar-refractivity contribution in [2.45, 2.75) is 39.0 Å². The second-order valence-electron chi connectivity index (χ2n) is 8.20. The average Bonchev–Trinajstić information content (AvgIpc) is 2.80. The third kappa shape index (κ3) is 4.62. The summed E-state index contributed by atoms with van der Waals surface area (Å²) in [6.45, 7) is 7.47. The quantitative estimate of drug-likeness (QED) is 0.506. The molecule has 0 spiro atoms. The first-order chi connectivity index (χ1) is 15.1. The molecule has 31 heavy (non-hydrogen) atoms. The molecular formula is C26H31NO4. The van der Waals surface area contributed by atoms with Gasteiger partial charge in [0.1, 0.15) is 5.58 Å². The van der Waals surface area contributed by atoms with Crippen LogP contribution in [0.5, 0.6) is 11.5 Å². The van der Waals surface area contributed by atoms with Crippen LogP contribution in [-0.2, 0) is 6.42 Å². The Morgan fingerprint density at radius 2 is 1.84 bits per heavy atom. The average molecular weight is 422 g/mol. The molecule has 2 heterocycles. The van der Waals surface area contributed by atoms with Crippen molar-refractivity contribution in [3.05, 3.63) is 69.6 Å². The summed E-state index contributed by atoms with van der Waals surface area (Å²) in [5, 5.41) is 0.904. The van der Waals surface area contributed by atoms with Crippen molar-refractivity contribution in [2.24, 2.45) is 0 Å². The molecule has 1 aliphatic heterocycles. The van der Waals surface area contributed by atoms with E-state index in [4.69, 9.17) is 13.9 Å². The van der Waals surface area contributed by atoms with Gasteiger partial charge in [0.25, 0.3) is 0 Å². The molecule has 3 aromatic rings. The number of fused-ring (bicyclic) bond motifs is 1. The first-order valence-corrected chi connectivity index (χ1v) is 11.1. The number of likely N-dealkylation sites (tertiary alicyclic amines) is 1. The van der Waals surface area contributed by atoms with E-state index in [0.29, 0.717) is 36.0 Å². The SMILES string of the molecule is CCOc1cc2c(C)c(CCN3CCC(c4ccccc4)CC3)c(=O)oc2cc1OC. The molecular weight excluding hydrogens is 390 g/mol. The number of methoxy groups -OCH3 is 1. The van der Waals surface area contributed by atoms with Crippen LogP contribution >= 0.6 is 0 Å². The molecule has 0 bridgehead atoms. The minimum atomic E-state index is -0.254. The van der Waals surface area contributed by atoms with Crippen molar-refractivity contribution in [2.75, 3.05) is 33.4 Å². The Kier molecular flexibility index (Phi) is 6.62. The Morgan fingerprint density at radius 3 is 2.52 bits per heavy atom. The van der Waals surface area contributed by atoms with E-state index in [1.54, 1.807) is 13.2 Å². The number of piperidine rings is 1. The van der Waals surface area contributed by atoms with Crippen molar-refractivity contribution in [1.29, 1.82) is 0 Å². The predicted octanol–water partition coefficient (Wildman–Crippen LogP) is 4.93. The van der Waals surface area contributed by atoms with Gasteiger partial charge in [-0.2, -0.15) is 0 Å². The predicted molar refractivity (Wildman–Crippen MR) is 124 cm³/mol. The molecule has 1 saturated heterocycles. The lowest BCUT2D eigenvalue weighted by atomic mass is 9.89. The lowest BCUT2D eigenvalue weighted by molar-refractivity contribution is 0.214. The van der Waals surface area contributed by atoms with Crippen LogP contribution in [0.15, 0.2) is 51.7 Å². The van der Waals surface area contributed by atoms with Gasteiger partial charge in [-0.05, 0) is 69.3 Å². The zero-order valence-corrected chi connectivity index (χ0v) is 18.6. The molecule has 0 N–H and O–H groups in total. The minimum Gasteiger partial charge on any atom is -0.493 e. The van der Waals surface area contributed by atoms with Gasteiger partial charge in [0, 0.05) is 23.6 Å².